The quantitative estimate of drug-likeness (QED) is 0.526. The van der Waals surface area contributed by atoms with Crippen LogP contribution in [0, 0.1) is 0 Å². The SMILES string of the molecule is CCOC(=O)CCCCCc1cccs1. The molecule has 0 fully saturated rings. The summed E-state index contributed by atoms with van der Waals surface area (Å²) < 4.78 is 4.86. The van der Waals surface area contributed by atoms with Crippen LogP contribution in [0.3, 0.4) is 0 Å². The molecule has 0 aromatic carbocycles. The lowest BCUT2D eigenvalue weighted by Gasteiger charge is -2.01. The third kappa shape index (κ3) is 5.57. The lowest BCUT2D eigenvalue weighted by atomic mass is 10.1. The largest absolute Gasteiger partial charge is 0.466 e. The number of esters is 1. The minimum atomic E-state index is -0.0615. The molecule has 0 saturated heterocycles. The lowest BCUT2D eigenvalue weighted by Crippen LogP contribution is -2.03. The van der Waals surface area contributed by atoms with Crippen molar-refractivity contribution in [3.8, 4) is 0 Å². The van der Waals surface area contributed by atoms with Crippen LogP contribution in [0.2, 0.25) is 0 Å². The number of carbonyl (C=O) groups excluding carboxylic acids is 1. The molecule has 84 valence electrons. The van der Waals surface area contributed by atoms with Crippen LogP contribution in [0.1, 0.15) is 37.5 Å². The third-order valence-corrected chi connectivity index (χ3v) is 3.13. The van der Waals surface area contributed by atoms with E-state index < -0.39 is 0 Å². The van der Waals surface area contributed by atoms with Gasteiger partial charge in [0.05, 0.1) is 6.61 Å². The summed E-state index contributed by atoms with van der Waals surface area (Å²) in [5.74, 6) is -0.0615. The first kappa shape index (κ1) is 12.2. The van der Waals surface area contributed by atoms with Gasteiger partial charge in [0.25, 0.3) is 0 Å². The van der Waals surface area contributed by atoms with E-state index in [1.807, 2.05) is 6.92 Å². The van der Waals surface area contributed by atoms with Crippen molar-refractivity contribution in [3.63, 3.8) is 0 Å². The second-order valence-corrected chi connectivity index (χ2v) is 4.48. The molecule has 1 rings (SSSR count). The second-order valence-electron chi connectivity index (χ2n) is 3.45. The first-order valence-corrected chi connectivity index (χ1v) is 6.39. The topological polar surface area (TPSA) is 26.3 Å². The Kier molecular flexibility index (Phi) is 6.09. The van der Waals surface area contributed by atoms with Gasteiger partial charge in [-0.15, -0.1) is 11.3 Å². The summed E-state index contributed by atoms with van der Waals surface area (Å²) >= 11 is 1.80. The van der Waals surface area contributed by atoms with Crippen molar-refractivity contribution in [2.45, 2.75) is 39.0 Å². The van der Waals surface area contributed by atoms with Crippen molar-refractivity contribution < 1.29 is 9.53 Å². The van der Waals surface area contributed by atoms with Crippen LogP contribution in [0.5, 0.6) is 0 Å². The van der Waals surface area contributed by atoms with Crippen LogP contribution in [0.15, 0.2) is 17.5 Å². The van der Waals surface area contributed by atoms with Crippen molar-refractivity contribution in [3.05, 3.63) is 22.4 Å². The highest BCUT2D eigenvalue weighted by atomic mass is 32.1. The molecule has 15 heavy (non-hydrogen) atoms. The van der Waals surface area contributed by atoms with Crippen molar-refractivity contribution in [1.29, 1.82) is 0 Å². The maximum absolute atomic E-state index is 11.0. The smallest absolute Gasteiger partial charge is 0.305 e. The third-order valence-electron chi connectivity index (χ3n) is 2.19. The summed E-state index contributed by atoms with van der Waals surface area (Å²) in [7, 11) is 0. The van der Waals surface area contributed by atoms with Gasteiger partial charge >= 0.3 is 5.97 Å². The molecule has 0 aliphatic heterocycles. The van der Waals surface area contributed by atoms with Crippen molar-refractivity contribution in [2.75, 3.05) is 6.61 Å². The van der Waals surface area contributed by atoms with E-state index in [1.54, 1.807) is 11.3 Å². The lowest BCUT2D eigenvalue weighted by molar-refractivity contribution is -0.143. The van der Waals surface area contributed by atoms with Gasteiger partial charge in [-0.25, -0.2) is 0 Å². The van der Waals surface area contributed by atoms with Crippen LogP contribution in [0.4, 0.5) is 0 Å². The van der Waals surface area contributed by atoms with Gasteiger partial charge in [-0.05, 0) is 37.6 Å². The van der Waals surface area contributed by atoms with Crippen LogP contribution in [-0.2, 0) is 16.0 Å². The molecular formula is C12H18O2S. The predicted octanol–water partition coefficient (Wildman–Crippen LogP) is 3.41. The van der Waals surface area contributed by atoms with Gasteiger partial charge in [-0.3, -0.25) is 4.79 Å². The average Bonchev–Trinajstić information content (AvgIpc) is 2.70. The summed E-state index contributed by atoms with van der Waals surface area (Å²) in [6.45, 7) is 2.34. The molecule has 1 aromatic heterocycles. The molecule has 1 heterocycles. The van der Waals surface area contributed by atoms with Crippen LogP contribution < -0.4 is 0 Å². The van der Waals surface area contributed by atoms with Gasteiger partial charge in [-0.2, -0.15) is 0 Å². The van der Waals surface area contributed by atoms with E-state index in [2.05, 4.69) is 17.5 Å². The number of thiophene rings is 1. The van der Waals surface area contributed by atoms with E-state index in [0.717, 1.165) is 19.3 Å². The molecule has 0 saturated carbocycles. The van der Waals surface area contributed by atoms with Crippen LogP contribution >= 0.6 is 11.3 Å². The number of rotatable bonds is 7. The highest BCUT2D eigenvalue weighted by Gasteiger charge is 2.00. The molecule has 2 nitrogen and oxygen atoms in total. The second kappa shape index (κ2) is 7.46. The number of hydrogen-bond acceptors (Lipinski definition) is 3. The van der Waals surface area contributed by atoms with Gasteiger partial charge in [0, 0.05) is 11.3 Å². The van der Waals surface area contributed by atoms with E-state index in [1.165, 1.54) is 11.3 Å². The maximum atomic E-state index is 11.0. The number of aryl methyl sites for hydroxylation is 1. The fourth-order valence-electron chi connectivity index (χ4n) is 1.43. The molecule has 0 unspecified atom stereocenters. The molecule has 0 radical (unpaired) electrons. The monoisotopic (exact) mass is 226 g/mol. The number of unbranched alkanes of at least 4 members (excludes halogenated alkanes) is 2. The maximum Gasteiger partial charge on any atom is 0.305 e. The molecular weight excluding hydrogens is 208 g/mol. The number of ether oxygens (including phenoxy) is 1. The Morgan fingerprint density at radius 1 is 1.40 bits per heavy atom. The van der Waals surface area contributed by atoms with Gasteiger partial charge < -0.3 is 4.74 Å². The van der Waals surface area contributed by atoms with E-state index in [9.17, 15) is 4.79 Å². The van der Waals surface area contributed by atoms with Gasteiger partial charge in [-0.1, -0.05) is 12.5 Å². The van der Waals surface area contributed by atoms with Crippen molar-refractivity contribution in [1.82, 2.24) is 0 Å². The van der Waals surface area contributed by atoms with E-state index in [0.29, 0.717) is 13.0 Å². The fourth-order valence-corrected chi connectivity index (χ4v) is 2.18. The molecule has 0 bridgehead atoms. The van der Waals surface area contributed by atoms with E-state index >= 15 is 0 Å². The first-order valence-electron chi connectivity index (χ1n) is 5.51. The standard InChI is InChI=1S/C12H18O2S/c1-2-14-12(13)9-5-3-4-7-11-8-6-10-15-11/h6,8,10H,2-5,7,9H2,1H3. The van der Waals surface area contributed by atoms with Gasteiger partial charge in [0.2, 0.25) is 0 Å². The zero-order valence-corrected chi connectivity index (χ0v) is 10.0. The van der Waals surface area contributed by atoms with Crippen molar-refractivity contribution in [2.24, 2.45) is 0 Å². The van der Waals surface area contributed by atoms with Crippen LogP contribution in [-0.4, -0.2) is 12.6 Å². The number of hydrogen-bond donors (Lipinski definition) is 0. The Morgan fingerprint density at radius 3 is 2.93 bits per heavy atom. The zero-order chi connectivity index (χ0) is 10.9. The number of carbonyl (C=O) groups is 1. The minimum Gasteiger partial charge on any atom is -0.466 e. The normalized spacial score (nSPS) is 10.2. The summed E-state index contributed by atoms with van der Waals surface area (Å²) in [6, 6.07) is 4.24. The minimum absolute atomic E-state index is 0.0615. The molecule has 0 aliphatic rings. The average molecular weight is 226 g/mol. The summed E-state index contributed by atoms with van der Waals surface area (Å²) in [5.41, 5.74) is 0. The Hall–Kier alpha value is -0.830. The van der Waals surface area contributed by atoms with Gasteiger partial charge in [0.15, 0.2) is 0 Å². The molecule has 1 aromatic rings. The fraction of sp³-hybridized carbons (Fsp3) is 0.583. The Balaban J connectivity index is 1.95. The first-order chi connectivity index (χ1) is 7.33. The molecule has 3 heteroatoms. The molecule has 0 amide bonds. The molecule has 0 atom stereocenters. The summed E-state index contributed by atoms with van der Waals surface area (Å²) in [4.78, 5) is 12.5. The van der Waals surface area contributed by atoms with E-state index in [-0.39, 0.29) is 5.97 Å². The Labute approximate surface area is 95.3 Å². The highest BCUT2D eigenvalue weighted by Crippen LogP contribution is 2.13. The molecule has 0 aliphatic carbocycles. The predicted molar refractivity (Wildman–Crippen MR) is 63.1 cm³/mol. The Bertz CT molecular complexity index is 267. The van der Waals surface area contributed by atoms with Crippen LogP contribution in [0.25, 0.3) is 0 Å². The van der Waals surface area contributed by atoms with E-state index in [4.69, 9.17) is 4.74 Å². The molecule has 0 N–H and O–H groups in total. The summed E-state index contributed by atoms with van der Waals surface area (Å²) in [6.07, 6.45) is 4.93. The highest BCUT2D eigenvalue weighted by molar-refractivity contribution is 7.09. The molecule has 0 spiro atoms. The zero-order valence-electron chi connectivity index (χ0n) is 9.20. The summed E-state index contributed by atoms with van der Waals surface area (Å²) in [5, 5.41) is 2.11. The van der Waals surface area contributed by atoms with Gasteiger partial charge in [0.1, 0.15) is 0 Å². The van der Waals surface area contributed by atoms with Crippen molar-refractivity contribution >= 4 is 17.3 Å². The Morgan fingerprint density at radius 2 is 2.27 bits per heavy atom.